The Morgan fingerprint density at radius 3 is 2.48 bits per heavy atom. The maximum Gasteiger partial charge on any atom is 0.123 e. The molecule has 0 fully saturated rings. The van der Waals surface area contributed by atoms with Gasteiger partial charge in [-0.15, -0.1) is 0 Å². The van der Waals surface area contributed by atoms with Crippen LogP contribution >= 0.6 is 0 Å². The fourth-order valence-electron chi connectivity index (χ4n) is 2.48. The predicted octanol–water partition coefficient (Wildman–Crippen LogP) is 3.48. The second kappa shape index (κ2) is 8.09. The van der Waals surface area contributed by atoms with E-state index in [0.29, 0.717) is 5.56 Å². The molecule has 0 spiro atoms. The van der Waals surface area contributed by atoms with Crippen LogP contribution in [0.15, 0.2) is 42.5 Å². The van der Waals surface area contributed by atoms with Gasteiger partial charge in [0.1, 0.15) is 11.6 Å². The van der Waals surface area contributed by atoms with Crippen LogP contribution in [0.1, 0.15) is 36.1 Å². The second-order valence-corrected chi connectivity index (χ2v) is 5.96. The lowest BCUT2D eigenvalue weighted by atomic mass is 10.0. The third-order valence-electron chi connectivity index (χ3n) is 4.07. The monoisotopic (exact) mass is 317 g/mol. The Balaban J connectivity index is 1.78. The molecule has 3 N–H and O–H groups in total. The van der Waals surface area contributed by atoms with Gasteiger partial charge in [-0.05, 0) is 68.1 Å². The Morgan fingerprint density at radius 1 is 1.13 bits per heavy atom. The minimum atomic E-state index is -0.674. The molecule has 2 aromatic rings. The van der Waals surface area contributed by atoms with Gasteiger partial charge < -0.3 is 15.5 Å². The van der Waals surface area contributed by atoms with Gasteiger partial charge in [-0.1, -0.05) is 24.3 Å². The lowest BCUT2D eigenvalue weighted by molar-refractivity contribution is 0.136. The highest BCUT2D eigenvalue weighted by atomic mass is 19.1. The van der Waals surface area contributed by atoms with Crippen molar-refractivity contribution in [2.24, 2.45) is 0 Å². The van der Waals surface area contributed by atoms with Crippen molar-refractivity contribution in [3.05, 3.63) is 65.0 Å². The SMILES string of the molecule is Cc1ccc(C(O)C(C)NCCCc2ccc(F)cc2)cc1O. The van der Waals surface area contributed by atoms with Crippen molar-refractivity contribution in [3.8, 4) is 5.75 Å². The third-order valence-corrected chi connectivity index (χ3v) is 4.07. The van der Waals surface area contributed by atoms with Crippen LogP contribution in [0.5, 0.6) is 5.75 Å². The fraction of sp³-hybridized carbons (Fsp3) is 0.368. The van der Waals surface area contributed by atoms with Gasteiger partial charge in [0.25, 0.3) is 0 Å². The molecule has 2 aromatic carbocycles. The number of phenolic OH excluding ortho intramolecular Hbond substituents is 1. The molecule has 3 nitrogen and oxygen atoms in total. The molecule has 2 unspecified atom stereocenters. The maximum atomic E-state index is 12.8. The molecule has 0 radical (unpaired) electrons. The molecule has 4 heteroatoms. The first-order valence-electron chi connectivity index (χ1n) is 7.93. The van der Waals surface area contributed by atoms with Crippen molar-refractivity contribution in [2.75, 3.05) is 6.54 Å². The summed E-state index contributed by atoms with van der Waals surface area (Å²) in [6.07, 6.45) is 1.09. The first kappa shape index (κ1) is 17.4. The number of hydrogen-bond acceptors (Lipinski definition) is 3. The Morgan fingerprint density at radius 2 is 1.83 bits per heavy atom. The van der Waals surface area contributed by atoms with E-state index >= 15 is 0 Å². The minimum Gasteiger partial charge on any atom is -0.508 e. The Bertz CT molecular complexity index is 628. The van der Waals surface area contributed by atoms with E-state index in [0.717, 1.165) is 30.5 Å². The molecule has 0 bridgehead atoms. The van der Waals surface area contributed by atoms with Crippen molar-refractivity contribution in [3.63, 3.8) is 0 Å². The van der Waals surface area contributed by atoms with Gasteiger partial charge in [-0.25, -0.2) is 4.39 Å². The van der Waals surface area contributed by atoms with Crippen LogP contribution in [0.2, 0.25) is 0 Å². The van der Waals surface area contributed by atoms with Crippen molar-refractivity contribution < 1.29 is 14.6 Å². The summed E-state index contributed by atoms with van der Waals surface area (Å²) in [7, 11) is 0. The van der Waals surface area contributed by atoms with Gasteiger partial charge in [0, 0.05) is 6.04 Å². The van der Waals surface area contributed by atoms with Crippen LogP contribution in [0.25, 0.3) is 0 Å². The van der Waals surface area contributed by atoms with Crippen molar-refractivity contribution >= 4 is 0 Å². The average molecular weight is 317 g/mol. The highest BCUT2D eigenvalue weighted by molar-refractivity contribution is 5.36. The molecule has 0 saturated heterocycles. The molecule has 2 atom stereocenters. The maximum absolute atomic E-state index is 12.8. The molecule has 124 valence electrons. The zero-order valence-electron chi connectivity index (χ0n) is 13.6. The van der Waals surface area contributed by atoms with Gasteiger partial charge in [0.05, 0.1) is 6.10 Å². The molecule has 23 heavy (non-hydrogen) atoms. The van der Waals surface area contributed by atoms with E-state index in [-0.39, 0.29) is 17.6 Å². The summed E-state index contributed by atoms with van der Waals surface area (Å²) in [4.78, 5) is 0. The standard InChI is InChI=1S/C19H24FNO2/c1-13-5-8-16(12-18(13)22)19(23)14(2)21-11-3-4-15-6-9-17(20)10-7-15/h5-10,12,14,19,21-23H,3-4,11H2,1-2H3. The normalized spacial score (nSPS) is 13.7. The predicted molar refractivity (Wildman–Crippen MR) is 90.0 cm³/mol. The van der Waals surface area contributed by atoms with E-state index in [4.69, 9.17) is 0 Å². The van der Waals surface area contributed by atoms with Crippen molar-refractivity contribution in [2.45, 2.75) is 38.8 Å². The molecular formula is C19H24FNO2. The minimum absolute atomic E-state index is 0.120. The number of aromatic hydroxyl groups is 1. The first-order chi connectivity index (χ1) is 11.0. The van der Waals surface area contributed by atoms with Gasteiger partial charge in [-0.2, -0.15) is 0 Å². The van der Waals surface area contributed by atoms with E-state index in [1.54, 1.807) is 24.3 Å². The third kappa shape index (κ3) is 5.05. The lowest BCUT2D eigenvalue weighted by Crippen LogP contribution is -2.33. The lowest BCUT2D eigenvalue weighted by Gasteiger charge is -2.21. The van der Waals surface area contributed by atoms with E-state index in [9.17, 15) is 14.6 Å². The molecule has 0 saturated carbocycles. The summed E-state index contributed by atoms with van der Waals surface area (Å²) < 4.78 is 12.8. The second-order valence-electron chi connectivity index (χ2n) is 5.96. The summed E-state index contributed by atoms with van der Waals surface area (Å²) in [5.41, 5.74) is 2.59. The number of aliphatic hydroxyl groups excluding tert-OH is 1. The van der Waals surface area contributed by atoms with E-state index in [2.05, 4.69) is 5.32 Å². The van der Waals surface area contributed by atoms with Gasteiger partial charge in [0.15, 0.2) is 0 Å². The number of aryl methyl sites for hydroxylation is 2. The number of halogens is 1. The first-order valence-corrected chi connectivity index (χ1v) is 7.93. The Kier molecular flexibility index (Phi) is 6.13. The van der Waals surface area contributed by atoms with Gasteiger partial charge in [0.2, 0.25) is 0 Å². The smallest absolute Gasteiger partial charge is 0.123 e. The van der Waals surface area contributed by atoms with Crippen molar-refractivity contribution in [1.29, 1.82) is 0 Å². The molecule has 0 aliphatic heterocycles. The average Bonchev–Trinajstić information content (AvgIpc) is 2.55. The quantitative estimate of drug-likeness (QED) is 0.685. The summed E-state index contributed by atoms with van der Waals surface area (Å²) in [6.45, 7) is 4.50. The van der Waals surface area contributed by atoms with Gasteiger partial charge in [-0.3, -0.25) is 0 Å². The van der Waals surface area contributed by atoms with E-state index in [1.807, 2.05) is 19.9 Å². The summed E-state index contributed by atoms with van der Waals surface area (Å²) in [6, 6.07) is 11.6. The van der Waals surface area contributed by atoms with Crippen LogP contribution in [-0.4, -0.2) is 22.8 Å². The zero-order valence-corrected chi connectivity index (χ0v) is 13.6. The topological polar surface area (TPSA) is 52.5 Å². The summed E-state index contributed by atoms with van der Waals surface area (Å²) in [5, 5.41) is 23.4. The molecule has 0 heterocycles. The molecule has 0 aromatic heterocycles. The number of rotatable bonds is 7. The number of nitrogens with one attached hydrogen (secondary N) is 1. The largest absolute Gasteiger partial charge is 0.508 e. The number of aliphatic hydroxyl groups is 1. The molecule has 0 amide bonds. The zero-order chi connectivity index (χ0) is 16.8. The highest BCUT2D eigenvalue weighted by Gasteiger charge is 2.16. The van der Waals surface area contributed by atoms with Crippen LogP contribution in [-0.2, 0) is 6.42 Å². The number of phenols is 1. The van der Waals surface area contributed by atoms with Crippen LogP contribution in [0.3, 0.4) is 0 Å². The Labute approximate surface area is 136 Å². The summed E-state index contributed by atoms with van der Waals surface area (Å²) in [5.74, 6) is -0.0185. The highest BCUT2D eigenvalue weighted by Crippen LogP contribution is 2.24. The Hall–Kier alpha value is -1.91. The fourth-order valence-corrected chi connectivity index (χ4v) is 2.48. The van der Waals surface area contributed by atoms with E-state index < -0.39 is 6.10 Å². The van der Waals surface area contributed by atoms with Crippen LogP contribution in [0, 0.1) is 12.7 Å². The molecular weight excluding hydrogens is 293 g/mol. The van der Waals surface area contributed by atoms with Gasteiger partial charge >= 0.3 is 0 Å². The molecule has 2 rings (SSSR count). The number of benzene rings is 2. The molecule has 0 aliphatic carbocycles. The van der Waals surface area contributed by atoms with E-state index in [1.165, 1.54) is 12.1 Å². The van der Waals surface area contributed by atoms with Crippen LogP contribution < -0.4 is 5.32 Å². The van der Waals surface area contributed by atoms with Crippen molar-refractivity contribution in [1.82, 2.24) is 5.32 Å². The van der Waals surface area contributed by atoms with Crippen LogP contribution in [0.4, 0.5) is 4.39 Å². The molecule has 0 aliphatic rings. The number of hydrogen-bond donors (Lipinski definition) is 3. The summed E-state index contributed by atoms with van der Waals surface area (Å²) >= 11 is 0.